The minimum absolute atomic E-state index is 0.141. The fourth-order valence-electron chi connectivity index (χ4n) is 2.65. The second-order valence-electron chi connectivity index (χ2n) is 5.71. The number of ether oxygens (including phenoxy) is 1. The molecule has 2 aromatic carbocycles. The molecule has 0 aliphatic carbocycles. The fraction of sp³-hybridized carbons (Fsp3) is 0.211. The Hall–Kier alpha value is -2.75. The average Bonchev–Trinajstić information content (AvgIpc) is 2.93. The minimum atomic E-state index is 0.141. The van der Waals surface area contributed by atoms with Gasteiger partial charge in [0.25, 0.3) is 0 Å². The van der Waals surface area contributed by atoms with Crippen LogP contribution in [-0.4, -0.2) is 22.0 Å². The summed E-state index contributed by atoms with van der Waals surface area (Å²) in [7, 11) is 1.64. The van der Waals surface area contributed by atoms with Gasteiger partial charge < -0.3 is 9.84 Å². The molecule has 1 N–H and O–H groups in total. The third kappa shape index (κ3) is 2.80. The van der Waals surface area contributed by atoms with E-state index in [0.29, 0.717) is 5.69 Å². The van der Waals surface area contributed by atoms with Crippen LogP contribution in [0, 0.1) is 0 Å². The summed E-state index contributed by atoms with van der Waals surface area (Å²) in [5.74, 6) is 1.17. The predicted molar refractivity (Wildman–Crippen MR) is 91.3 cm³/mol. The number of benzene rings is 2. The summed E-state index contributed by atoms with van der Waals surface area (Å²) in [5, 5.41) is 15.3. The van der Waals surface area contributed by atoms with Gasteiger partial charge in [0.2, 0.25) is 0 Å². The quantitative estimate of drug-likeness (QED) is 0.778. The van der Waals surface area contributed by atoms with E-state index in [1.165, 1.54) is 0 Å². The van der Waals surface area contributed by atoms with Crippen LogP contribution >= 0.6 is 0 Å². The number of nitrogens with zero attached hydrogens (tertiary/aromatic N) is 2. The van der Waals surface area contributed by atoms with Crippen molar-refractivity contribution in [1.82, 2.24) is 9.78 Å². The van der Waals surface area contributed by atoms with Crippen LogP contribution in [0.4, 0.5) is 0 Å². The summed E-state index contributed by atoms with van der Waals surface area (Å²) >= 11 is 0. The van der Waals surface area contributed by atoms with Gasteiger partial charge in [-0.15, -0.1) is 0 Å². The van der Waals surface area contributed by atoms with Crippen molar-refractivity contribution in [3.05, 3.63) is 60.3 Å². The van der Waals surface area contributed by atoms with Crippen LogP contribution in [-0.2, 0) is 0 Å². The molecule has 1 aromatic heterocycles. The van der Waals surface area contributed by atoms with E-state index in [0.717, 1.165) is 22.7 Å². The molecular weight excluding hydrogens is 288 g/mol. The van der Waals surface area contributed by atoms with Crippen molar-refractivity contribution in [3.63, 3.8) is 0 Å². The maximum absolute atomic E-state index is 10.7. The van der Waals surface area contributed by atoms with Crippen molar-refractivity contribution >= 4 is 0 Å². The molecule has 3 aromatic rings. The van der Waals surface area contributed by atoms with Crippen LogP contribution < -0.4 is 4.74 Å². The fourth-order valence-corrected chi connectivity index (χ4v) is 2.65. The summed E-state index contributed by atoms with van der Waals surface area (Å²) in [6, 6.07) is 17.4. The Balaban J connectivity index is 2.16. The molecule has 0 spiro atoms. The Bertz CT molecular complexity index is 790. The lowest BCUT2D eigenvalue weighted by molar-refractivity contribution is 0.414. The molecule has 0 unspecified atom stereocenters. The van der Waals surface area contributed by atoms with Gasteiger partial charge >= 0.3 is 0 Å². The van der Waals surface area contributed by atoms with Crippen molar-refractivity contribution in [2.75, 3.05) is 7.11 Å². The summed E-state index contributed by atoms with van der Waals surface area (Å²) in [6.07, 6.45) is 0. The first-order chi connectivity index (χ1) is 11.1. The molecule has 0 atom stereocenters. The molecule has 0 aliphatic heterocycles. The number of hydrogen-bond donors (Lipinski definition) is 1. The Morgan fingerprint density at radius 3 is 2.22 bits per heavy atom. The van der Waals surface area contributed by atoms with E-state index in [-0.39, 0.29) is 11.7 Å². The Morgan fingerprint density at radius 1 is 1.00 bits per heavy atom. The number of aromatic nitrogens is 2. The Morgan fingerprint density at radius 2 is 1.65 bits per heavy atom. The van der Waals surface area contributed by atoms with E-state index in [2.05, 4.69) is 5.10 Å². The van der Waals surface area contributed by atoms with Gasteiger partial charge in [0.15, 0.2) is 5.75 Å². The molecule has 0 fully saturated rings. The van der Waals surface area contributed by atoms with E-state index in [1.807, 2.05) is 73.1 Å². The smallest absolute Gasteiger partial charge is 0.165 e. The van der Waals surface area contributed by atoms with Crippen molar-refractivity contribution in [2.24, 2.45) is 0 Å². The van der Waals surface area contributed by atoms with Crippen molar-refractivity contribution in [3.8, 4) is 28.4 Å². The van der Waals surface area contributed by atoms with Gasteiger partial charge in [-0.2, -0.15) is 5.10 Å². The minimum Gasteiger partial charge on any atom is -0.504 e. The monoisotopic (exact) mass is 308 g/mol. The van der Waals surface area contributed by atoms with Gasteiger partial charge in [-0.05, 0) is 30.2 Å². The standard InChI is InChI=1S/C19H20N2O2/c1-13(2)18-19(22)17(14-7-5-4-6-8-14)20-21(18)15-9-11-16(23-3)12-10-15/h4-13,22H,1-3H3. The molecule has 0 saturated carbocycles. The zero-order chi connectivity index (χ0) is 16.4. The van der Waals surface area contributed by atoms with Crippen LogP contribution in [0.5, 0.6) is 11.5 Å². The first-order valence-electron chi connectivity index (χ1n) is 7.63. The SMILES string of the molecule is COc1ccc(-n2nc(-c3ccccc3)c(O)c2C(C)C)cc1. The summed E-state index contributed by atoms with van der Waals surface area (Å²) in [5.41, 5.74) is 3.20. The molecule has 3 rings (SSSR count). The first kappa shape index (κ1) is 15.2. The van der Waals surface area contributed by atoms with Gasteiger partial charge in [0.05, 0.1) is 18.5 Å². The lowest BCUT2D eigenvalue weighted by atomic mass is 10.1. The van der Waals surface area contributed by atoms with Crippen LogP contribution in [0.25, 0.3) is 16.9 Å². The van der Waals surface area contributed by atoms with Crippen LogP contribution in [0.2, 0.25) is 0 Å². The number of methoxy groups -OCH3 is 1. The summed E-state index contributed by atoms with van der Waals surface area (Å²) < 4.78 is 7.01. The summed E-state index contributed by atoms with van der Waals surface area (Å²) in [4.78, 5) is 0. The van der Waals surface area contributed by atoms with E-state index < -0.39 is 0 Å². The second-order valence-corrected chi connectivity index (χ2v) is 5.71. The zero-order valence-electron chi connectivity index (χ0n) is 13.5. The zero-order valence-corrected chi connectivity index (χ0v) is 13.5. The second kappa shape index (κ2) is 6.16. The lowest BCUT2D eigenvalue weighted by Gasteiger charge is -2.10. The highest BCUT2D eigenvalue weighted by atomic mass is 16.5. The number of hydrogen-bond acceptors (Lipinski definition) is 3. The Labute approximate surface area is 136 Å². The van der Waals surface area contributed by atoms with E-state index >= 15 is 0 Å². The van der Waals surface area contributed by atoms with Crippen LogP contribution in [0.3, 0.4) is 0 Å². The number of aromatic hydroxyl groups is 1. The highest BCUT2D eigenvalue weighted by Crippen LogP contribution is 2.37. The van der Waals surface area contributed by atoms with Crippen LogP contribution in [0.1, 0.15) is 25.5 Å². The third-order valence-corrected chi connectivity index (χ3v) is 3.81. The van der Waals surface area contributed by atoms with Crippen molar-refractivity contribution < 1.29 is 9.84 Å². The molecule has 0 aliphatic rings. The van der Waals surface area contributed by atoms with Gasteiger partial charge in [-0.25, -0.2) is 4.68 Å². The normalized spacial score (nSPS) is 11.0. The molecule has 23 heavy (non-hydrogen) atoms. The molecule has 0 radical (unpaired) electrons. The summed E-state index contributed by atoms with van der Waals surface area (Å²) in [6.45, 7) is 4.09. The third-order valence-electron chi connectivity index (χ3n) is 3.81. The molecule has 4 heteroatoms. The molecule has 0 amide bonds. The molecular formula is C19H20N2O2. The molecule has 1 heterocycles. The average molecular weight is 308 g/mol. The van der Waals surface area contributed by atoms with Gasteiger partial charge in [0, 0.05) is 5.56 Å². The van der Waals surface area contributed by atoms with E-state index in [9.17, 15) is 5.11 Å². The molecule has 118 valence electrons. The van der Waals surface area contributed by atoms with Crippen molar-refractivity contribution in [2.45, 2.75) is 19.8 Å². The van der Waals surface area contributed by atoms with E-state index in [1.54, 1.807) is 7.11 Å². The lowest BCUT2D eigenvalue weighted by Crippen LogP contribution is -2.03. The number of rotatable bonds is 4. The molecule has 0 bridgehead atoms. The predicted octanol–water partition coefficient (Wildman–Crippen LogP) is 4.38. The largest absolute Gasteiger partial charge is 0.504 e. The maximum Gasteiger partial charge on any atom is 0.165 e. The highest BCUT2D eigenvalue weighted by Gasteiger charge is 2.21. The molecule has 0 saturated heterocycles. The molecule has 4 nitrogen and oxygen atoms in total. The van der Waals surface area contributed by atoms with Gasteiger partial charge in [-0.3, -0.25) is 0 Å². The highest BCUT2D eigenvalue weighted by molar-refractivity contribution is 5.68. The van der Waals surface area contributed by atoms with Crippen LogP contribution in [0.15, 0.2) is 54.6 Å². The maximum atomic E-state index is 10.7. The van der Waals surface area contributed by atoms with Crippen molar-refractivity contribution in [1.29, 1.82) is 0 Å². The van der Waals surface area contributed by atoms with Gasteiger partial charge in [0.1, 0.15) is 11.4 Å². The topological polar surface area (TPSA) is 47.3 Å². The van der Waals surface area contributed by atoms with E-state index in [4.69, 9.17) is 4.74 Å². The Kier molecular flexibility index (Phi) is 4.06. The van der Waals surface area contributed by atoms with Gasteiger partial charge in [-0.1, -0.05) is 44.2 Å². The first-order valence-corrected chi connectivity index (χ1v) is 7.63.